The fraction of sp³-hybridized carbons (Fsp3) is 0.649. The van der Waals surface area contributed by atoms with Crippen LogP contribution in [-0.4, -0.2) is 78.8 Å². The van der Waals surface area contributed by atoms with Crippen LogP contribution in [0.1, 0.15) is 99.0 Å². The van der Waals surface area contributed by atoms with Gasteiger partial charge >= 0.3 is 18.0 Å². The molecule has 15 heteroatoms. The summed E-state index contributed by atoms with van der Waals surface area (Å²) in [4.78, 5) is 85.8. The monoisotopic (exact) mass is 732 g/mol. The van der Waals surface area contributed by atoms with E-state index in [1.165, 1.54) is 0 Å². The minimum Gasteiger partial charge on any atom is -0.481 e. The van der Waals surface area contributed by atoms with Gasteiger partial charge in [-0.25, -0.2) is 4.79 Å². The molecule has 0 saturated heterocycles. The molecule has 5 amide bonds. The quantitative estimate of drug-likeness (QED) is 0.0466. The molecule has 1 unspecified atom stereocenters. The van der Waals surface area contributed by atoms with Crippen molar-refractivity contribution in [2.45, 2.75) is 112 Å². The maximum absolute atomic E-state index is 13.4. The third-order valence-corrected chi connectivity index (χ3v) is 8.65. The van der Waals surface area contributed by atoms with Crippen LogP contribution in [0.15, 0.2) is 24.3 Å². The number of carbonyl (C=O) groups is 7. The van der Waals surface area contributed by atoms with Gasteiger partial charge in [0, 0.05) is 25.2 Å². The highest BCUT2D eigenvalue weighted by Gasteiger charge is 2.36. The number of rotatable bonds is 24. The van der Waals surface area contributed by atoms with E-state index in [-0.39, 0.29) is 62.7 Å². The van der Waals surface area contributed by atoms with Gasteiger partial charge in [0.25, 0.3) is 0 Å². The first-order valence-electron chi connectivity index (χ1n) is 17.9. The predicted octanol–water partition coefficient (Wildman–Crippen LogP) is 3.25. The Bertz CT molecular complexity index is 1340. The van der Waals surface area contributed by atoms with E-state index < -0.39 is 46.7 Å². The first-order valence-corrected chi connectivity index (χ1v) is 17.9. The highest BCUT2D eigenvalue weighted by Crippen LogP contribution is 2.28. The number of ether oxygens (including phenoxy) is 1. The number of nitrogens with two attached hydrogens (primary N) is 1. The fourth-order valence-electron chi connectivity index (χ4n) is 5.11. The molecule has 0 heterocycles. The number of carboxylic acids is 1. The average Bonchev–Trinajstić information content (AvgIpc) is 3.05. The third-order valence-electron chi connectivity index (χ3n) is 8.65. The molecular weight excluding hydrogens is 672 g/mol. The van der Waals surface area contributed by atoms with Crippen LogP contribution < -0.4 is 32.3 Å². The molecule has 0 aromatic heterocycles. The Morgan fingerprint density at radius 1 is 0.885 bits per heavy atom. The van der Waals surface area contributed by atoms with Crippen LogP contribution in [0.4, 0.5) is 10.5 Å². The summed E-state index contributed by atoms with van der Waals surface area (Å²) >= 11 is 0. The number of hydrogen-bond donors (Lipinski definition) is 7. The summed E-state index contributed by atoms with van der Waals surface area (Å²) in [6.07, 6.45) is 3.09. The number of aliphatic carboxylic acids is 1. The lowest BCUT2D eigenvalue weighted by molar-refractivity contribution is -0.154. The van der Waals surface area contributed by atoms with Crippen LogP contribution in [0.25, 0.3) is 0 Å². The van der Waals surface area contributed by atoms with Crippen molar-refractivity contribution < 1.29 is 43.4 Å². The van der Waals surface area contributed by atoms with E-state index in [1.54, 1.807) is 58.9 Å². The molecule has 292 valence electrons. The van der Waals surface area contributed by atoms with E-state index in [1.807, 2.05) is 13.8 Å². The predicted molar refractivity (Wildman–Crippen MR) is 197 cm³/mol. The van der Waals surface area contributed by atoms with Crippen LogP contribution in [0.2, 0.25) is 0 Å². The number of carbonyl (C=O) groups excluding carboxylic acids is 6. The number of carboxylic acid groups (broad SMARTS) is 1. The van der Waals surface area contributed by atoms with Crippen molar-refractivity contribution in [2.24, 2.45) is 28.4 Å². The van der Waals surface area contributed by atoms with Crippen LogP contribution in [0.3, 0.4) is 0 Å². The minimum atomic E-state index is -1.03. The Balaban J connectivity index is 2.76. The molecule has 1 aromatic rings. The second-order valence-corrected chi connectivity index (χ2v) is 14.9. The number of nitrogens with one attached hydrogen (secondary N) is 5. The van der Waals surface area contributed by atoms with Gasteiger partial charge in [-0.15, -0.1) is 0 Å². The summed E-state index contributed by atoms with van der Waals surface area (Å²) in [6.45, 7) is 13.5. The summed E-state index contributed by atoms with van der Waals surface area (Å²) < 4.78 is 5.34. The van der Waals surface area contributed by atoms with E-state index in [2.05, 4.69) is 26.6 Å². The maximum atomic E-state index is 13.4. The number of primary amides is 1. The van der Waals surface area contributed by atoms with Crippen LogP contribution in [0, 0.1) is 22.7 Å². The van der Waals surface area contributed by atoms with E-state index in [4.69, 9.17) is 10.5 Å². The number of urea groups is 1. The van der Waals surface area contributed by atoms with E-state index >= 15 is 0 Å². The molecule has 0 bridgehead atoms. The fourth-order valence-corrected chi connectivity index (χ4v) is 5.11. The lowest BCUT2D eigenvalue weighted by Crippen LogP contribution is -2.54. The number of aldehydes is 1. The molecule has 0 aliphatic rings. The second kappa shape index (κ2) is 22.4. The first kappa shape index (κ1) is 45.5. The number of esters is 1. The van der Waals surface area contributed by atoms with Crippen LogP contribution in [0.5, 0.6) is 0 Å². The summed E-state index contributed by atoms with van der Waals surface area (Å²) in [5, 5.41) is 23.2. The highest BCUT2D eigenvalue weighted by molar-refractivity contribution is 5.98. The Kier molecular flexibility index (Phi) is 19.6. The molecule has 0 saturated carbocycles. The molecule has 0 radical (unpaired) electrons. The molecule has 1 aromatic carbocycles. The molecule has 8 N–H and O–H groups in total. The van der Waals surface area contributed by atoms with Gasteiger partial charge in [0.15, 0.2) is 0 Å². The van der Waals surface area contributed by atoms with Crippen LogP contribution >= 0.6 is 0 Å². The largest absolute Gasteiger partial charge is 0.481 e. The van der Waals surface area contributed by atoms with Gasteiger partial charge in [0.1, 0.15) is 25.0 Å². The smallest absolute Gasteiger partial charge is 0.312 e. The van der Waals surface area contributed by atoms with Gasteiger partial charge in [0.2, 0.25) is 17.7 Å². The maximum Gasteiger partial charge on any atom is 0.312 e. The minimum absolute atomic E-state index is 0.0765. The molecule has 1 rings (SSSR count). The number of amides is 5. The van der Waals surface area contributed by atoms with Gasteiger partial charge < -0.3 is 47.0 Å². The van der Waals surface area contributed by atoms with Crippen molar-refractivity contribution in [1.29, 1.82) is 0 Å². The van der Waals surface area contributed by atoms with Crippen LogP contribution in [-0.2, 0) is 40.1 Å². The van der Waals surface area contributed by atoms with Crippen molar-refractivity contribution in [2.75, 3.05) is 25.0 Å². The zero-order chi connectivity index (χ0) is 39.5. The summed E-state index contributed by atoms with van der Waals surface area (Å²) in [5.74, 6) is -3.15. The van der Waals surface area contributed by atoms with Gasteiger partial charge in [-0.1, -0.05) is 46.2 Å². The van der Waals surface area contributed by atoms with Gasteiger partial charge in [-0.2, -0.15) is 0 Å². The summed E-state index contributed by atoms with van der Waals surface area (Å²) in [6, 6.07) is 4.12. The van der Waals surface area contributed by atoms with Crippen molar-refractivity contribution in [1.82, 2.24) is 21.3 Å². The summed E-state index contributed by atoms with van der Waals surface area (Å²) in [7, 11) is 0. The molecule has 0 fully saturated rings. The normalized spacial score (nSPS) is 13.7. The number of hydrogen-bond acceptors (Lipinski definition) is 9. The Morgan fingerprint density at radius 2 is 1.54 bits per heavy atom. The first-order chi connectivity index (χ1) is 24.3. The van der Waals surface area contributed by atoms with Crippen molar-refractivity contribution >= 4 is 47.7 Å². The molecule has 15 nitrogen and oxygen atoms in total. The second-order valence-electron chi connectivity index (χ2n) is 14.9. The molecule has 3 atom stereocenters. The van der Waals surface area contributed by atoms with Gasteiger partial charge in [-0.3, -0.25) is 24.0 Å². The molecule has 0 aliphatic heterocycles. The molecule has 0 spiro atoms. The molecule has 0 aliphatic carbocycles. The highest BCUT2D eigenvalue weighted by atomic mass is 16.5. The Hall–Kier alpha value is -4.53. The van der Waals surface area contributed by atoms with E-state index in [0.29, 0.717) is 37.9 Å². The Labute approximate surface area is 307 Å². The third kappa shape index (κ3) is 17.1. The van der Waals surface area contributed by atoms with Gasteiger partial charge in [-0.05, 0) is 82.5 Å². The SMILES string of the molecule is CC(C)[C@H](NC(=O)CCCCCNCC(C=O)(CC(=O)O)C(C)C)C(=O)N[C@@H](CCCNC(N)=O)C(=O)Nc1ccc(COC(=O)C(C)(C)C)cc1. The standard InChI is InChI=1S/C37H60N6O9/c1-24(2)31(43-29(45)13-9-8-10-18-39-22-37(23-44,25(3)4)20-30(46)47)33(49)42-28(12-11-19-40-35(38)51)32(48)41-27-16-14-26(15-17-27)21-52-34(50)36(5,6)7/h14-17,23-25,28,31,39H,8-13,18-22H2,1-7H3,(H,41,48)(H,42,49)(H,43,45)(H,46,47)(H3,38,40,51)/t28-,31-,37?/m0/s1. The topological polar surface area (TPSA) is 235 Å². The average molecular weight is 733 g/mol. The number of anilines is 1. The Morgan fingerprint density at radius 3 is 2.08 bits per heavy atom. The van der Waals surface area contributed by atoms with E-state index in [9.17, 15) is 38.7 Å². The lowest BCUT2D eigenvalue weighted by atomic mass is 9.75. The molecule has 52 heavy (non-hydrogen) atoms. The van der Waals surface area contributed by atoms with E-state index in [0.717, 1.165) is 11.8 Å². The summed E-state index contributed by atoms with van der Waals surface area (Å²) in [5.41, 5.74) is 4.71. The molecular formula is C37H60N6O9. The van der Waals surface area contributed by atoms with Crippen molar-refractivity contribution in [3.8, 4) is 0 Å². The zero-order valence-electron chi connectivity index (χ0n) is 31.8. The zero-order valence-corrected chi connectivity index (χ0v) is 31.8. The number of benzene rings is 1. The lowest BCUT2D eigenvalue weighted by Gasteiger charge is -2.30. The number of unbranched alkanes of at least 4 members (excludes halogenated alkanes) is 2. The van der Waals surface area contributed by atoms with Crippen molar-refractivity contribution in [3.05, 3.63) is 29.8 Å². The van der Waals surface area contributed by atoms with Gasteiger partial charge in [0.05, 0.1) is 17.3 Å². The van der Waals surface area contributed by atoms with Crippen molar-refractivity contribution in [3.63, 3.8) is 0 Å².